The van der Waals surface area contributed by atoms with Crippen molar-refractivity contribution in [2.24, 2.45) is 0 Å². The lowest BCUT2D eigenvalue weighted by Crippen LogP contribution is -2.32. The number of hydrogen-bond acceptors (Lipinski definition) is 3. The molecular formula is C7H16O3SSi. The predicted molar refractivity (Wildman–Crippen MR) is 53.1 cm³/mol. The van der Waals surface area contributed by atoms with Gasteiger partial charge in [0.05, 0.1) is 12.0 Å². The minimum Gasteiger partial charge on any atom is -0.273 e. The second-order valence-electron chi connectivity index (χ2n) is 3.30. The summed E-state index contributed by atoms with van der Waals surface area (Å²) >= 11 is 0. The Hall–Kier alpha value is -0.133. The van der Waals surface area contributed by atoms with Crippen LogP contribution in [0.15, 0.2) is 12.3 Å². The van der Waals surface area contributed by atoms with Crippen molar-refractivity contribution in [2.75, 3.05) is 12.0 Å². The van der Waals surface area contributed by atoms with Gasteiger partial charge in [0.15, 0.2) is 0 Å². The first-order valence-corrected chi connectivity index (χ1v) is 8.70. The van der Waals surface area contributed by atoms with Crippen LogP contribution in [0.1, 0.15) is 6.92 Å². The molecule has 0 saturated heterocycles. The molecule has 0 atom stereocenters. The highest BCUT2D eigenvalue weighted by Crippen LogP contribution is 2.05. The molecule has 0 amide bonds. The fourth-order valence-electron chi connectivity index (χ4n) is 0.384. The van der Waals surface area contributed by atoms with Gasteiger partial charge in [-0.15, -0.1) is 6.58 Å². The minimum atomic E-state index is -3.28. The van der Waals surface area contributed by atoms with Gasteiger partial charge in [-0.25, -0.2) is 0 Å². The molecule has 0 aliphatic rings. The summed E-state index contributed by atoms with van der Waals surface area (Å²) in [6.07, 6.45) is 0.298. The molecule has 0 spiro atoms. The highest BCUT2D eigenvalue weighted by atomic mass is 32.2. The van der Waals surface area contributed by atoms with Crippen molar-refractivity contribution in [1.82, 2.24) is 0 Å². The normalized spacial score (nSPS) is 12.9. The van der Waals surface area contributed by atoms with E-state index in [-0.39, 0.29) is 5.75 Å². The largest absolute Gasteiger partial charge is 0.273 e. The first-order valence-electron chi connectivity index (χ1n) is 3.83. The molecule has 0 unspecified atom stereocenters. The van der Waals surface area contributed by atoms with Crippen molar-refractivity contribution >= 4 is 18.2 Å². The van der Waals surface area contributed by atoms with Crippen LogP contribution < -0.4 is 0 Å². The summed E-state index contributed by atoms with van der Waals surface area (Å²) in [7, 11) is -4.92. The quantitative estimate of drug-likeness (QED) is 0.505. The maximum absolute atomic E-state index is 10.9. The summed E-state index contributed by atoms with van der Waals surface area (Å²) in [4.78, 5) is 0. The maximum Gasteiger partial charge on any atom is 0.266 e. The second-order valence-corrected chi connectivity index (χ2v) is 9.90. The van der Waals surface area contributed by atoms with Gasteiger partial charge in [0.25, 0.3) is 10.1 Å². The molecule has 0 aromatic heterocycles. The Morgan fingerprint density at radius 1 is 1.50 bits per heavy atom. The van der Waals surface area contributed by atoms with Gasteiger partial charge in [-0.1, -0.05) is 18.8 Å². The average molecular weight is 208 g/mol. The summed E-state index contributed by atoms with van der Waals surface area (Å²) < 4.78 is 26.7. The molecule has 72 valence electrons. The number of hydrogen-bond donors (Lipinski definition) is 0. The lowest BCUT2D eigenvalue weighted by atomic mass is 11.0. The van der Waals surface area contributed by atoms with Gasteiger partial charge in [-0.2, -0.15) is 8.42 Å². The molecule has 0 aromatic carbocycles. The lowest BCUT2D eigenvalue weighted by Gasteiger charge is -2.15. The van der Waals surface area contributed by atoms with E-state index in [2.05, 4.69) is 6.58 Å². The van der Waals surface area contributed by atoms with Crippen LogP contribution >= 0.6 is 0 Å². The molecule has 0 heterocycles. The average Bonchev–Trinajstić information content (AvgIpc) is 2.02. The Kier molecular flexibility index (Phi) is 4.16. The second kappa shape index (κ2) is 4.20. The molecule has 0 fully saturated rings. The van der Waals surface area contributed by atoms with E-state index >= 15 is 0 Å². The van der Waals surface area contributed by atoms with E-state index in [1.54, 1.807) is 6.92 Å². The third-order valence-corrected chi connectivity index (χ3v) is 4.90. The van der Waals surface area contributed by atoms with Crippen molar-refractivity contribution in [3.05, 3.63) is 12.3 Å². The molecule has 5 heteroatoms. The van der Waals surface area contributed by atoms with Gasteiger partial charge >= 0.3 is 0 Å². The molecule has 0 N–H and O–H groups in total. The minimum absolute atomic E-state index is 0.0363. The Morgan fingerprint density at radius 3 is 2.33 bits per heavy atom. The molecule has 0 saturated carbocycles. The summed E-state index contributed by atoms with van der Waals surface area (Å²) in [6, 6.07) is 0. The van der Waals surface area contributed by atoms with E-state index in [9.17, 15) is 8.42 Å². The Morgan fingerprint density at radius 2 is 2.00 bits per heavy atom. The molecular weight excluding hydrogens is 192 g/mol. The third kappa shape index (κ3) is 4.69. The van der Waals surface area contributed by atoms with Crippen molar-refractivity contribution in [1.29, 1.82) is 0 Å². The van der Waals surface area contributed by atoms with Gasteiger partial charge in [-0.05, 0) is 6.92 Å². The van der Waals surface area contributed by atoms with Crippen LogP contribution in [0.5, 0.6) is 0 Å². The van der Waals surface area contributed by atoms with E-state index in [0.29, 0.717) is 6.23 Å². The zero-order chi connectivity index (χ0) is 9.83. The Labute approximate surface area is 75.6 Å². The lowest BCUT2D eigenvalue weighted by molar-refractivity contribution is 0.371. The topological polar surface area (TPSA) is 43.4 Å². The van der Waals surface area contributed by atoms with E-state index < -0.39 is 18.2 Å². The van der Waals surface area contributed by atoms with E-state index in [1.165, 1.54) is 0 Å². The van der Waals surface area contributed by atoms with Crippen LogP contribution in [0.4, 0.5) is 0 Å². The SMILES string of the molecule is C=C[Si](C)(C)COS(=O)(=O)CC. The zero-order valence-corrected chi connectivity index (χ0v) is 9.65. The van der Waals surface area contributed by atoms with Gasteiger partial charge in [0.1, 0.15) is 8.07 Å². The summed E-state index contributed by atoms with van der Waals surface area (Å²) in [5, 5.41) is 0. The standard InChI is InChI=1S/C7H16O3SSi/c1-5-11(8,9)10-7-12(3,4)6-2/h6H,2,5,7H2,1,3-4H3. The van der Waals surface area contributed by atoms with Crippen LogP contribution in [0.2, 0.25) is 13.1 Å². The van der Waals surface area contributed by atoms with Crippen molar-refractivity contribution in [2.45, 2.75) is 20.0 Å². The van der Waals surface area contributed by atoms with Crippen molar-refractivity contribution < 1.29 is 12.6 Å². The summed E-state index contributed by atoms with van der Waals surface area (Å²) in [5.74, 6) is 0.0363. The molecule has 0 aromatic rings. The fourth-order valence-corrected chi connectivity index (χ4v) is 2.60. The molecule has 0 aliphatic heterocycles. The fraction of sp³-hybridized carbons (Fsp3) is 0.714. The van der Waals surface area contributed by atoms with Crippen molar-refractivity contribution in [3.63, 3.8) is 0 Å². The first kappa shape index (κ1) is 11.9. The van der Waals surface area contributed by atoms with Crippen LogP contribution in [-0.2, 0) is 14.3 Å². The molecule has 0 aliphatic carbocycles. The molecule has 12 heavy (non-hydrogen) atoms. The molecule has 0 bridgehead atoms. The highest BCUT2D eigenvalue weighted by Gasteiger charge is 2.20. The van der Waals surface area contributed by atoms with Crippen LogP contribution in [0.3, 0.4) is 0 Å². The van der Waals surface area contributed by atoms with Crippen LogP contribution in [0, 0.1) is 0 Å². The van der Waals surface area contributed by atoms with Gasteiger partial charge < -0.3 is 0 Å². The number of rotatable bonds is 5. The monoisotopic (exact) mass is 208 g/mol. The summed E-state index contributed by atoms with van der Waals surface area (Å²) in [5.41, 5.74) is 1.82. The van der Waals surface area contributed by atoms with Gasteiger partial charge in [0.2, 0.25) is 0 Å². The van der Waals surface area contributed by atoms with Crippen molar-refractivity contribution in [3.8, 4) is 0 Å². The Bertz CT molecular complexity index is 243. The third-order valence-electron chi connectivity index (χ3n) is 1.52. The zero-order valence-electron chi connectivity index (χ0n) is 7.83. The van der Waals surface area contributed by atoms with Crippen LogP contribution in [-0.4, -0.2) is 28.5 Å². The smallest absolute Gasteiger partial charge is 0.266 e. The highest BCUT2D eigenvalue weighted by molar-refractivity contribution is 7.86. The van der Waals surface area contributed by atoms with Gasteiger partial charge in [0, 0.05) is 0 Å². The van der Waals surface area contributed by atoms with E-state index in [0.717, 1.165) is 0 Å². The first-order chi connectivity index (χ1) is 5.33. The molecule has 3 nitrogen and oxygen atoms in total. The molecule has 0 radical (unpaired) electrons. The summed E-state index contributed by atoms with van der Waals surface area (Å²) in [6.45, 7) is 9.22. The van der Waals surface area contributed by atoms with E-state index in [1.807, 2.05) is 18.8 Å². The maximum atomic E-state index is 10.9. The van der Waals surface area contributed by atoms with Gasteiger partial charge in [-0.3, -0.25) is 4.18 Å². The predicted octanol–water partition coefficient (Wildman–Crippen LogP) is 1.33. The Balaban J connectivity index is 4.09. The molecule has 0 rings (SSSR count). The van der Waals surface area contributed by atoms with E-state index in [4.69, 9.17) is 4.18 Å². The van der Waals surface area contributed by atoms with Crippen LogP contribution in [0.25, 0.3) is 0 Å².